The zero-order valence-corrected chi connectivity index (χ0v) is 11.6. The average molecular weight is 274 g/mol. The van der Waals surface area contributed by atoms with E-state index in [2.05, 4.69) is 17.1 Å². The van der Waals surface area contributed by atoms with Gasteiger partial charge in [-0.1, -0.05) is 6.92 Å². The highest BCUT2D eigenvalue weighted by Crippen LogP contribution is 2.43. The molecule has 1 aliphatic carbocycles. The standard InChI is InChI=1S/C14H24F2N2O/c1-10-4-2-6-18(9-10)7-3-5-17-14(19)12-8-11(12)13(15)16/h10-13H,2-9H2,1H3,(H,17,19)/t10-,11-,12-/m0/s1. The number of carbonyl (C=O) groups excluding carboxylic acids is 1. The number of nitrogens with one attached hydrogen (secondary N) is 1. The number of likely N-dealkylation sites (tertiary alicyclic amines) is 1. The van der Waals surface area contributed by atoms with E-state index in [1.807, 2.05) is 0 Å². The molecule has 2 rings (SSSR count). The summed E-state index contributed by atoms with van der Waals surface area (Å²) in [5, 5.41) is 2.78. The quantitative estimate of drug-likeness (QED) is 0.753. The van der Waals surface area contributed by atoms with Gasteiger partial charge in [-0.3, -0.25) is 4.79 Å². The minimum absolute atomic E-state index is 0.183. The molecule has 5 heteroatoms. The number of piperidine rings is 1. The maximum atomic E-state index is 12.3. The van der Waals surface area contributed by atoms with Crippen molar-refractivity contribution in [2.45, 2.75) is 39.0 Å². The number of halogens is 2. The molecule has 0 aromatic carbocycles. The van der Waals surface area contributed by atoms with Gasteiger partial charge in [0.15, 0.2) is 0 Å². The number of carbonyl (C=O) groups is 1. The van der Waals surface area contributed by atoms with E-state index in [9.17, 15) is 13.6 Å². The molecule has 1 amide bonds. The molecule has 1 saturated heterocycles. The van der Waals surface area contributed by atoms with Crippen molar-refractivity contribution in [3.05, 3.63) is 0 Å². The van der Waals surface area contributed by atoms with Crippen molar-refractivity contribution in [3.8, 4) is 0 Å². The summed E-state index contributed by atoms with van der Waals surface area (Å²) in [6.07, 6.45) is 1.48. The molecular weight excluding hydrogens is 250 g/mol. The molecule has 0 aromatic rings. The van der Waals surface area contributed by atoms with Crippen LogP contribution in [0.1, 0.15) is 32.6 Å². The van der Waals surface area contributed by atoms with Crippen LogP contribution in [0.2, 0.25) is 0 Å². The maximum Gasteiger partial charge on any atom is 0.242 e. The number of amides is 1. The van der Waals surface area contributed by atoms with Gasteiger partial charge in [0.1, 0.15) is 0 Å². The summed E-state index contributed by atoms with van der Waals surface area (Å²) in [7, 11) is 0. The molecule has 1 N–H and O–H groups in total. The lowest BCUT2D eigenvalue weighted by atomic mass is 10.0. The molecule has 0 spiro atoms. The van der Waals surface area contributed by atoms with Crippen molar-refractivity contribution in [2.75, 3.05) is 26.2 Å². The molecule has 2 aliphatic rings. The first-order valence-electron chi connectivity index (χ1n) is 7.36. The minimum atomic E-state index is -2.34. The summed E-state index contributed by atoms with van der Waals surface area (Å²) in [6, 6.07) is 0. The topological polar surface area (TPSA) is 32.3 Å². The number of nitrogens with zero attached hydrogens (tertiary/aromatic N) is 1. The smallest absolute Gasteiger partial charge is 0.242 e. The van der Waals surface area contributed by atoms with Crippen molar-refractivity contribution < 1.29 is 13.6 Å². The first-order valence-corrected chi connectivity index (χ1v) is 7.36. The predicted molar refractivity (Wildman–Crippen MR) is 70.1 cm³/mol. The van der Waals surface area contributed by atoms with Crippen LogP contribution in [0, 0.1) is 17.8 Å². The third-order valence-corrected chi connectivity index (χ3v) is 4.19. The van der Waals surface area contributed by atoms with Gasteiger partial charge in [0.05, 0.1) is 0 Å². The Labute approximate surface area is 113 Å². The zero-order chi connectivity index (χ0) is 13.8. The van der Waals surface area contributed by atoms with E-state index >= 15 is 0 Å². The van der Waals surface area contributed by atoms with Crippen molar-refractivity contribution in [1.29, 1.82) is 0 Å². The van der Waals surface area contributed by atoms with Crippen LogP contribution in [-0.4, -0.2) is 43.4 Å². The van der Waals surface area contributed by atoms with Crippen molar-refractivity contribution in [3.63, 3.8) is 0 Å². The maximum absolute atomic E-state index is 12.3. The lowest BCUT2D eigenvalue weighted by Crippen LogP contribution is -2.36. The molecule has 110 valence electrons. The largest absolute Gasteiger partial charge is 0.356 e. The molecule has 0 radical (unpaired) electrons. The average Bonchev–Trinajstić information content (AvgIpc) is 3.15. The minimum Gasteiger partial charge on any atom is -0.356 e. The van der Waals surface area contributed by atoms with Gasteiger partial charge in [-0.2, -0.15) is 0 Å². The summed E-state index contributed by atoms with van der Waals surface area (Å²) in [6.45, 7) is 6.16. The van der Waals surface area contributed by atoms with Gasteiger partial charge in [0.2, 0.25) is 12.3 Å². The van der Waals surface area contributed by atoms with Crippen LogP contribution in [0.3, 0.4) is 0 Å². The lowest BCUT2D eigenvalue weighted by Gasteiger charge is -2.30. The second kappa shape index (κ2) is 6.64. The van der Waals surface area contributed by atoms with Crippen LogP contribution in [-0.2, 0) is 4.79 Å². The van der Waals surface area contributed by atoms with E-state index in [1.54, 1.807) is 0 Å². The van der Waals surface area contributed by atoms with Gasteiger partial charge in [-0.05, 0) is 44.7 Å². The van der Waals surface area contributed by atoms with E-state index in [0.29, 0.717) is 13.0 Å². The number of hydrogen-bond donors (Lipinski definition) is 1. The van der Waals surface area contributed by atoms with E-state index in [0.717, 1.165) is 32.0 Å². The second-order valence-electron chi connectivity index (χ2n) is 6.03. The van der Waals surface area contributed by atoms with Crippen LogP contribution in [0.4, 0.5) is 8.78 Å². The van der Waals surface area contributed by atoms with E-state index < -0.39 is 18.3 Å². The lowest BCUT2D eigenvalue weighted by molar-refractivity contribution is -0.123. The van der Waals surface area contributed by atoms with E-state index in [4.69, 9.17) is 0 Å². The summed E-state index contributed by atoms with van der Waals surface area (Å²) >= 11 is 0. The molecule has 3 atom stereocenters. The Morgan fingerprint density at radius 1 is 1.47 bits per heavy atom. The first kappa shape index (κ1) is 14.7. The molecular formula is C14H24F2N2O. The molecule has 1 aliphatic heterocycles. The Bertz CT molecular complexity index is 312. The van der Waals surface area contributed by atoms with Gasteiger partial charge in [-0.15, -0.1) is 0 Å². The van der Waals surface area contributed by atoms with Crippen molar-refractivity contribution in [1.82, 2.24) is 10.2 Å². The van der Waals surface area contributed by atoms with Gasteiger partial charge < -0.3 is 10.2 Å². The van der Waals surface area contributed by atoms with Gasteiger partial charge >= 0.3 is 0 Å². The highest BCUT2D eigenvalue weighted by atomic mass is 19.3. The van der Waals surface area contributed by atoms with Crippen molar-refractivity contribution >= 4 is 5.91 Å². The normalized spacial score (nSPS) is 31.5. The molecule has 19 heavy (non-hydrogen) atoms. The predicted octanol–water partition coefficient (Wildman–Crippen LogP) is 2.13. The number of alkyl halides is 2. The zero-order valence-electron chi connectivity index (χ0n) is 11.6. The molecule has 1 saturated carbocycles. The molecule has 0 unspecified atom stereocenters. The molecule has 1 heterocycles. The summed E-state index contributed by atoms with van der Waals surface area (Å²) in [5.74, 6) is -0.545. The molecule has 0 aromatic heterocycles. The van der Waals surface area contributed by atoms with Crippen LogP contribution < -0.4 is 5.32 Å². The van der Waals surface area contributed by atoms with Crippen LogP contribution >= 0.6 is 0 Å². The molecule has 2 fully saturated rings. The summed E-state index contributed by atoms with van der Waals surface area (Å²) in [4.78, 5) is 14.0. The number of rotatable bonds is 6. The second-order valence-corrected chi connectivity index (χ2v) is 6.03. The van der Waals surface area contributed by atoms with E-state index in [-0.39, 0.29) is 5.91 Å². The molecule has 0 bridgehead atoms. The SMILES string of the molecule is C[C@H]1CCCN(CCCNC(=O)[C@H]2C[C@@H]2C(F)F)C1. The summed E-state index contributed by atoms with van der Waals surface area (Å²) < 4.78 is 24.6. The van der Waals surface area contributed by atoms with E-state index in [1.165, 1.54) is 12.8 Å². The molecule has 3 nitrogen and oxygen atoms in total. The third-order valence-electron chi connectivity index (χ3n) is 4.19. The number of hydrogen-bond acceptors (Lipinski definition) is 2. The fourth-order valence-corrected chi connectivity index (χ4v) is 2.93. The van der Waals surface area contributed by atoms with Crippen molar-refractivity contribution in [2.24, 2.45) is 17.8 Å². The Morgan fingerprint density at radius 2 is 2.26 bits per heavy atom. The Kier molecular flexibility index (Phi) is 5.13. The van der Waals surface area contributed by atoms with Gasteiger partial charge in [0.25, 0.3) is 0 Å². The third kappa shape index (κ3) is 4.41. The summed E-state index contributed by atoms with van der Waals surface area (Å²) in [5.41, 5.74) is 0. The Hall–Kier alpha value is -0.710. The monoisotopic (exact) mass is 274 g/mol. The van der Waals surface area contributed by atoms with Crippen LogP contribution in [0.5, 0.6) is 0 Å². The Morgan fingerprint density at radius 3 is 2.89 bits per heavy atom. The van der Waals surface area contributed by atoms with Crippen LogP contribution in [0.25, 0.3) is 0 Å². The fraction of sp³-hybridized carbons (Fsp3) is 0.929. The first-order chi connectivity index (χ1) is 9.08. The highest BCUT2D eigenvalue weighted by molar-refractivity contribution is 5.81. The van der Waals surface area contributed by atoms with Gasteiger partial charge in [0, 0.05) is 24.9 Å². The highest BCUT2D eigenvalue weighted by Gasteiger charge is 2.48. The fourth-order valence-electron chi connectivity index (χ4n) is 2.93. The Balaban J connectivity index is 1.53. The van der Waals surface area contributed by atoms with Crippen LogP contribution in [0.15, 0.2) is 0 Å². The van der Waals surface area contributed by atoms with Gasteiger partial charge in [-0.25, -0.2) is 8.78 Å².